The van der Waals surface area contributed by atoms with Crippen LogP contribution in [0.3, 0.4) is 0 Å². The summed E-state index contributed by atoms with van der Waals surface area (Å²) in [5.41, 5.74) is 0.940. The lowest BCUT2D eigenvalue weighted by molar-refractivity contribution is -0.165. The maximum atomic E-state index is 13.5. The van der Waals surface area contributed by atoms with Gasteiger partial charge in [-0.2, -0.15) is 4.31 Å². The van der Waals surface area contributed by atoms with Crippen LogP contribution in [-0.2, 0) is 29.1 Å². The molecule has 5 atom stereocenters. The molecule has 1 aliphatic carbocycles. The highest BCUT2D eigenvalue weighted by Crippen LogP contribution is 2.35. The van der Waals surface area contributed by atoms with Gasteiger partial charge in [-0.3, -0.25) is 9.59 Å². The van der Waals surface area contributed by atoms with E-state index in [-0.39, 0.29) is 35.9 Å². The Bertz CT molecular complexity index is 970. The molecule has 1 saturated heterocycles. The number of benzene rings is 1. The predicted octanol–water partition coefficient (Wildman–Crippen LogP) is 2.84. The molecule has 0 spiro atoms. The molecule has 1 aromatic rings. The summed E-state index contributed by atoms with van der Waals surface area (Å²) in [7, 11) is -3.98. The third kappa shape index (κ3) is 4.28. The summed E-state index contributed by atoms with van der Waals surface area (Å²) < 4.78 is 39.5. The summed E-state index contributed by atoms with van der Waals surface area (Å²) in [6, 6.07) is 4.92. The molecule has 4 rings (SSSR count). The van der Waals surface area contributed by atoms with Crippen molar-refractivity contribution >= 4 is 22.0 Å². The summed E-state index contributed by atoms with van der Waals surface area (Å²) in [5, 5.41) is 0. The maximum absolute atomic E-state index is 13.5. The highest BCUT2D eigenvalue weighted by molar-refractivity contribution is 7.89. The summed E-state index contributed by atoms with van der Waals surface area (Å²) >= 11 is 0. The summed E-state index contributed by atoms with van der Waals surface area (Å²) in [5.74, 6) is -1.81. The van der Waals surface area contributed by atoms with E-state index in [1.54, 1.807) is 43.3 Å². The minimum absolute atomic E-state index is 0.0506. The van der Waals surface area contributed by atoms with Crippen LogP contribution in [0.1, 0.15) is 38.2 Å². The molecule has 2 heterocycles. The van der Waals surface area contributed by atoms with Crippen LogP contribution in [0.25, 0.3) is 0 Å². The van der Waals surface area contributed by atoms with Crippen LogP contribution >= 0.6 is 0 Å². The van der Waals surface area contributed by atoms with Crippen LogP contribution in [0, 0.1) is 24.7 Å². The Labute approximate surface area is 183 Å². The van der Waals surface area contributed by atoms with Crippen molar-refractivity contribution in [1.82, 2.24) is 4.31 Å². The van der Waals surface area contributed by atoms with Crippen molar-refractivity contribution in [2.45, 2.75) is 56.5 Å². The fourth-order valence-electron chi connectivity index (χ4n) is 4.84. The van der Waals surface area contributed by atoms with Gasteiger partial charge in [-0.25, -0.2) is 8.42 Å². The first-order chi connectivity index (χ1) is 14.8. The minimum atomic E-state index is -3.98. The molecule has 0 radical (unpaired) electrons. The molecule has 168 valence electrons. The monoisotopic (exact) mass is 447 g/mol. The number of carbonyl (C=O) groups is 2. The van der Waals surface area contributed by atoms with E-state index in [4.69, 9.17) is 9.47 Å². The summed E-state index contributed by atoms with van der Waals surface area (Å²) in [6.45, 7) is 3.67. The third-order valence-corrected chi connectivity index (χ3v) is 8.61. The van der Waals surface area contributed by atoms with E-state index in [1.807, 2.05) is 6.92 Å². The van der Waals surface area contributed by atoms with Crippen molar-refractivity contribution < 1.29 is 27.5 Å². The standard InChI is InChI=1S/C23H29NO6S/c1-15-7-11-19(12-8-15)31(27,28)24-16(2)9-10-18-14-29-22(25)20-6-4-3-5-17(20)13-30-23(26)21(18)24/h7-12,16-18,20-21H,3-6,13-14H2,1-2H3/t16-,17-,18-,20+,21-/m0/s1. The summed E-state index contributed by atoms with van der Waals surface area (Å²) in [4.78, 5) is 26.0. The van der Waals surface area contributed by atoms with Gasteiger partial charge in [-0.15, -0.1) is 0 Å². The second kappa shape index (κ2) is 8.74. The van der Waals surface area contributed by atoms with E-state index in [0.29, 0.717) is 0 Å². The molecule has 0 bridgehead atoms. The molecule has 1 aromatic carbocycles. The van der Waals surface area contributed by atoms with Crippen LogP contribution in [0.15, 0.2) is 41.3 Å². The molecule has 2 fully saturated rings. The Balaban J connectivity index is 1.68. The molecule has 0 N–H and O–H groups in total. The number of hydrogen-bond donors (Lipinski definition) is 0. The van der Waals surface area contributed by atoms with Gasteiger partial charge in [-0.05, 0) is 38.8 Å². The fraction of sp³-hybridized carbons (Fsp3) is 0.565. The van der Waals surface area contributed by atoms with Gasteiger partial charge < -0.3 is 9.47 Å². The zero-order valence-electron chi connectivity index (χ0n) is 17.9. The normalized spacial score (nSPS) is 32.4. The van der Waals surface area contributed by atoms with Crippen molar-refractivity contribution in [3.8, 4) is 0 Å². The zero-order chi connectivity index (χ0) is 22.2. The number of fused-ring (bicyclic) bond motifs is 2. The molecule has 1 saturated carbocycles. The Morgan fingerprint density at radius 3 is 2.35 bits per heavy atom. The highest BCUT2D eigenvalue weighted by Gasteiger charge is 2.47. The van der Waals surface area contributed by atoms with Crippen LogP contribution < -0.4 is 0 Å². The number of hydrogen-bond acceptors (Lipinski definition) is 6. The van der Waals surface area contributed by atoms with E-state index in [0.717, 1.165) is 31.2 Å². The van der Waals surface area contributed by atoms with Crippen LogP contribution in [0.2, 0.25) is 0 Å². The Morgan fingerprint density at radius 2 is 1.61 bits per heavy atom. The van der Waals surface area contributed by atoms with E-state index in [9.17, 15) is 18.0 Å². The van der Waals surface area contributed by atoms with Crippen molar-refractivity contribution in [1.29, 1.82) is 0 Å². The highest BCUT2D eigenvalue weighted by atomic mass is 32.2. The van der Waals surface area contributed by atoms with Crippen molar-refractivity contribution in [2.24, 2.45) is 17.8 Å². The lowest BCUT2D eigenvalue weighted by Gasteiger charge is -2.40. The Kier molecular flexibility index (Phi) is 6.21. The Morgan fingerprint density at radius 1 is 0.935 bits per heavy atom. The van der Waals surface area contributed by atoms with Crippen LogP contribution in [-0.4, -0.2) is 50.0 Å². The molecule has 2 aliphatic heterocycles. The number of rotatable bonds is 2. The largest absolute Gasteiger partial charge is 0.465 e. The number of ether oxygens (including phenoxy) is 2. The lowest BCUT2D eigenvalue weighted by Crippen LogP contribution is -2.56. The Hall–Kier alpha value is -2.19. The molecule has 0 unspecified atom stereocenters. The topological polar surface area (TPSA) is 90.0 Å². The van der Waals surface area contributed by atoms with Gasteiger partial charge in [-0.1, -0.05) is 42.7 Å². The number of nitrogens with zero attached hydrogens (tertiary/aromatic N) is 1. The van der Waals surface area contributed by atoms with Crippen molar-refractivity contribution in [2.75, 3.05) is 13.2 Å². The second-order valence-corrected chi connectivity index (χ2v) is 10.6. The first-order valence-electron chi connectivity index (χ1n) is 10.9. The quantitative estimate of drug-likeness (QED) is 0.512. The van der Waals surface area contributed by atoms with Crippen molar-refractivity contribution in [3.63, 3.8) is 0 Å². The molecule has 0 aromatic heterocycles. The number of aryl methyl sites for hydroxylation is 1. The van der Waals surface area contributed by atoms with Gasteiger partial charge in [0.2, 0.25) is 10.0 Å². The maximum Gasteiger partial charge on any atom is 0.325 e. The average molecular weight is 448 g/mol. The molecular weight excluding hydrogens is 418 g/mol. The first-order valence-corrected chi connectivity index (χ1v) is 12.3. The van der Waals surface area contributed by atoms with E-state index in [2.05, 4.69) is 0 Å². The number of sulfonamides is 1. The SMILES string of the molecule is Cc1ccc(S(=O)(=O)N2[C@@H]3C(=O)OC[C@@H]4CCCC[C@H]4C(=O)OC[C@@H]3C=C[C@@H]2C)cc1. The molecule has 0 amide bonds. The van der Waals surface area contributed by atoms with Gasteiger partial charge in [0.25, 0.3) is 0 Å². The van der Waals surface area contributed by atoms with Gasteiger partial charge in [0.15, 0.2) is 0 Å². The predicted molar refractivity (Wildman–Crippen MR) is 113 cm³/mol. The van der Waals surface area contributed by atoms with Gasteiger partial charge in [0.05, 0.1) is 24.0 Å². The smallest absolute Gasteiger partial charge is 0.325 e. The second-order valence-electron chi connectivity index (χ2n) is 8.79. The molecular formula is C23H29NO6S. The third-order valence-electron chi connectivity index (χ3n) is 6.63. The number of cyclic esters (lactones) is 2. The average Bonchev–Trinajstić information content (AvgIpc) is 2.76. The van der Waals surface area contributed by atoms with Gasteiger partial charge in [0, 0.05) is 17.9 Å². The molecule has 3 aliphatic rings. The van der Waals surface area contributed by atoms with E-state index in [1.165, 1.54) is 4.31 Å². The van der Waals surface area contributed by atoms with Gasteiger partial charge in [0.1, 0.15) is 6.04 Å². The van der Waals surface area contributed by atoms with E-state index >= 15 is 0 Å². The van der Waals surface area contributed by atoms with Crippen LogP contribution in [0.4, 0.5) is 0 Å². The number of carbonyl (C=O) groups excluding carboxylic acids is 2. The summed E-state index contributed by atoms with van der Waals surface area (Å²) in [6.07, 6.45) is 6.97. The lowest BCUT2D eigenvalue weighted by atomic mass is 9.79. The minimum Gasteiger partial charge on any atom is -0.465 e. The molecule has 8 heteroatoms. The van der Waals surface area contributed by atoms with Crippen LogP contribution in [0.5, 0.6) is 0 Å². The van der Waals surface area contributed by atoms with Gasteiger partial charge >= 0.3 is 11.9 Å². The zero-order valence-corrected chi connectivity index (χ0v) is 18.7. The molecule has 7 nitrogen and oxygen atoms in total. The van der Waals surface area contributed by atoms with E-state index < -0.39 is 34.0 Å². The number of esters is 2. The fourth-order valence-corrected chi connectivity index (χ4v) is 6.61. The molecule has 31 heavy (non-hydrogen) atoms. The van der Waals surface area contributed by atoms with Crippen molar-refractivity contribution in [3.05, 3.63) is 42.0 Å². The first kappa shape index (κ1) is 22.0.